The molecular weight excluding hydrogens is 254 g/mol. The van der Waals surface area contributed by atoms with E-state index in [0.717, 1.165) is 18.4 Å². The first-order chi connectivity index (χ1) is 9.42. The SMILES string of the molecule is CC(C)(C)OC(=O)NCCCC(CO)c1ccccc1. The van der Waals surface area contributed by atoms with Gasteiger partial charge in [-0.3, -0.25) is 0 Å². The van der Waals surface area contributed by atoms with Crippen LogP contribution in [0.5, 0.6) is 0 Å². The second kappa shape index (κ2) is 7.90. The zero-order valence-corrected chi connectivity index (χ0v) is 12.6. The molecule has 0 aromatic heterocycles. The van der Waals surface area contributed by atoms with Gasteiger partial charge in [0, 0.05) is 19.1 Å². The molecule has 1 rings (SSSR count). The van der Waals surface area contributed by atoms with Crippen molar-refractivity contribution in [1.29, 1.82) is 0 Å². The van der Waals surface area contributed by atoms with E-state index in [1.54, 1.807) is 0 Å². The van der Waals surface area contributed by atoms with Gasteiger partial charge in [-0.2, -0.15) is 0 Å². The number of hydrogen-bond donors (Lipinski definition) is 2. The maximum atomic E-state index is 11.5. The van der Waals surface area contributed by atoms with Crippen LogP contribution in [0, 0.1) is 0 Å². The third kappa shape index (κ3) is 6.57. The van der Waals surface area contributed by atoms with Crippen LogP contribution in [0.2, 0.25) is 0 Å². The van der Waals surface area contributed by atoms with Crippen molar-refractivity contribution in [2.45, 2.75) is 45.1 Å². The predicted octanol–water partition coefficient (Wildman–Crippen LogP) is 3.07. The van der Waals surface area contributed by atoms with Crippen molar-refractivity contribution < 1.29 is 14.6 Å². The predicted molar refractivity (Wildman–Crippen MR) is 79.7 cm³/mol. The van der Waals surface area contributed by atoms with E-state index in [2.05, 4.69) is 5.32 Å². The lowest BCUT2D eigenvalue weighted by Crippen LogP contribution is -2.33. The van der Waals surface area contributed by atoms with Crippen molar-refractivity contribution in [3.8, 4) is 0 Å². The number of aliphatic hydroxyl groups is 1. The summed E-state index contributed by atoms with van der Waals surface area (Å²) in [5.74, 6) is 0.122. The highest BCUT2D eigenvalue weighted by molar-refractivity contribution is 5.67. The average molecular weight is 279 g/mol. The highest BCUT2D eigenvalue weighted by Gasteiger charge is 2.16. The van der Waals surface area contributed by atoms with E-state index < -0.39 is 11.7 Å². The lowest BCUT2D eigenvalue weighted by atomic mass is 9.95. The first-order valence-electron chi connectivity index (χ1n) is 7.05. The molecular formula is C16H25NO3. The van der Waals surface area contributed by atoms with Crippen LogP contribution in [0.15, 0.2) is 30.3 Å². The Hall–Kier alpha value is -1.55. The highest BCUT2D eigenvalue weighted by atomic mass is 16.6. The molecule has 1 unspecified atom stereocenters. The summed E-state index contributed by atoms with van der Waals surface area (Å²) in [6.45, 7) is 6.19. The van der Waals surface area contributed by atoms with Gasteiger partial charge in [0.1, 0.15) is 5.60 Å². The number of alkyl carbamates (subject to hydrolysis) is 1. The Morgan fingerprint density at radius 1 is 1.30 bits per heavy atom. The van der Waals surface area contributed by atoms with Crippen molar-refractivity contribution in [1.82, 2.24) is 5.32 Å². The van der Waals surface area contributed by atoms with Gasteiger partial charge in [-0.15, -0.1) is 0 Å². The molecule has 1 amide bonds. The summed E-state index contributed by atoms with van der Waals surface area (Å²) in [5, 5.41) is 12.2. The number of aliphatic hydroxyl groups excluding tert-OH is 1. The lowest BCUT2D eigenvalue weighted by molar-refractivity contribution is 0.0526. The molecule has 0 saturated heterocycles. The molecule has 0 radical (unpaired) electrons. The molecule has 0 saturated carbocycles. The van der Waals surface area contributed by atoms with Crippen LogP contribution in [-0.4, -0.2) is 30.0 Å². The normalized spacial score (nSPS) is 12.8. The number of ether oxygens (including phenoxy) is 1. The van der Waals surface area contributed by atoms with Crippen molar-refractivity contribution >= 4 is 6.09 Å². The van der Waals surface area contributed by atoms with Gasteiger partial charge in [0.2, 0.25) is 0 Å². The zero-order chi connectivity index (χ0) is 15.0. The number of benzene rings is 1. The molecule has 4 nitrogen and oxygen atoms in total. The fraction of sp³-hybridized carbons (Fsp3) is 0.562. The van der Waals surface area contributed by atoms with Gasteiger partial charge in [0.15, 0.2) is 0 Å². The summed E-state index contributed by atoms with van der Waals surface area (Å²) < 4.78 is 5.16. The quantitative estimate of drug-likeness (QED) is 0.787. The molecule has 0 aliphatic rings. The first kappa shape index (κ1) is 16.5. The van der Waals surface area contributed by atoms with Crippen LogP contribution < -0.4 is 5.32 Å². The van der Waals surface area contributed by atoms with Crippen molar-refractivity contribution in [2.24, 2.45) is 0 Å². The Bertz CT molecular complexity index is 398. The topological polar surface area (TPSA) is 58.6 Å². The summed E-state index contributed by atoms with van der Waals surface area (Å²) in [7, 11) is 0. The minimum atomic E-state index is -0.470. The Morgan fingerprint density at radius 3 is 2.50 bits per heavy atom. The van der Waals surface area contributed by atoms with Crippen molar-refractivity contribution in [3.05, 3.63) is 35.9 Å². The van der Waals surface area contributed by atoms with Crippen LogP contribution in [0.1, 0.15) is 45.1 Å². The van der Waals surface area contributed by atoms with Gasteiger partial charge in [0.05, 0.1) is 0 Å². The van der Waals surface area contributed by atoms with E-state index in [9.17, 15) is 9.90 Å². The molecule has 0 spiro atoms. The van der Waals surface area contributed by atoms with Crippen LogP contribution in [0.3, 0.4) is 0 Å². The molecule has 2 N–H and O–H groups in total. The summed E-state index contributed by atoms with van der Waals surface area (Å²) in [6, 6.07) is 9.93. The molecule has 112 valence electrons. The summed E-state index contributed by atoms with van der Waals surface area (Å²) in [6.07, 6.45) is 1.24. The highest BCUT2D eigenvalue weighted by Crippen LogP contribution is 2.20. The van der Waals surface area contributed by atoms with Crippen LogP contribution in [-0.2, 0) is 4.74 Å². The third-order valence-electron chi connectivity index (χ3n) is 2.89. The minimum absolute atomic E-state index is 0.121. The van der Waals surface area contributed by atoms with Gasteiger partial charge < -0.3 is 15.2 Å². The summed E-state index contributed by atoms with van der Waals surface area (Å²) >= 11 is 0. The average Bonchev–Trinajstić information content (AvgIpc) is 2.38. The van der Waals surface area contributed by atoms with Crippen LogP contribution in [0.25, 0.3) is 0 Å². The molecule has 0 heterocycles. The molecule has 20 heavy (non-hydrogen) atoms. The van der Waals surface area contributed by atoms with Gasteiger partial charge in [-0.05, 0) is 39.2 Å². The molecule has 1 aromatic carbocycles. The standard InChI is InChI=1S/C16H25NO3/c1-16(2,3)20-15(19)17-11-7-10-14(12-18)13-8-5-4-6-9-13/h4-6,8-9,14,18H,7,10-12H2,1-3H3,(H,17,19). The Kier molecular flexibility index (Phi) is 6.52. The van der Waals surface area contributed by atoms with E-state index in [1.165, 1.54) is 0 Å². The molecule has 0 fully saturated rings. The Morgan fingerprint density at radius 2 is 1.95 bits per heavy atom. The van der Waals surface area contributed by atoms with E-state index in [1.807, 2.05) is 51.1 Å². The van der Waals surface area contributed by atoms with Gasteiger partial charge in [0.25, 0.3) is 0 Å². The molecule has 1 atom stereocenters. The van der Waals surface area contributed by atoms with Crippen molar-refractivity contribution in [3.63, 3.8) is 0 Å². The summed E-state index contributed by atoms with van der Waals surface area (Å²) in [4.78, 5) is 11.5. The van der Waals surface area contributed by atoms with Gasteiger partial charge >= 0.3 is 6.09 Å². The smallest absolute Gasteiger partial charge is 0.407 e. The zero-order valence-electron chi connectivity index (χ0n) is 12.6. The number of hydrogen-bond acceptors (Lipinski definition) is 3. The largest absolute Gasteiger partial charge is 0.444 e. The Labute approximate surface area is 121 Å². The lowest BCUT2D eigenvalue weighted by Gasteiger charge is -2.20. The van der Waals surface area contributed by atoms with E-state index in [0.29, 0.717) is 6.54 Å². The van der Waals surface area contributed by atoms with Crippen LogP contribution >= 0.6 is 0 Å². The number of carbonyl (C=O) groups excluding carboxylic acids is 1. The molecule has 1 aromatic rings. The fourth-order valence-electron chi connectivity index (χ4n) is 1.94. The van der Waals surface area contributed by atoms with Crippen LogP contribution in [0.4, 0.5) is 4.79 Å². The van der Waals surface area contributed by atoms with Gasteiger partial charge in [-0.25, -0.2) is 4.79 Å². The molecule has 0 aliphatic heterocycles. The second-order valence-electron chi connectivity index (χ2n) is 5.86. The van der Waals surface area contributed by atoms with Gasteiger partial charge in [-0.1, -0.05) is 30.3 Å². The molecule has 0 bridgehead atoms. The first-order valence-corrected chi connectivity index (χ1v) is 7.05. The number of amides is 1. The van der Waals surface area contributed by atoms with E-state index >= 15 is 0 Å². The summed E-state index contributed by atoms with van der Waals surface area (Å²) in [5.41, 5.74) is 0.661. The number of nitrogens with one attached hydrogen (secondary N) is 1. The molecule has 0 aliphatic carbocycles. The van der Waals surface area contributed by atoms with Crippen molar-refractivity contribution in [2.75, 3.05) is 13.2 Å². The maximum absolute atomic E-state index is 11.5. The second-order valence-corrected chi connectivity index (χ2v) is 5.86. The maximum Gasteiger partial charge on any atom is 0.407 e. The fourth-order valence-corrected chi connectivity index (χ4v) is 1.94. The van der Waals surface area contributed by atoms with E-state index in [-0.39, 0.29) is 12.5 Å². The number of rotatable bonds is 6. The monoisotopic (exact) mass is 279 g/mol. The molecule has 4 heteroatoms. The third-order valence-corrected chi connectivity index (χ3v) is 2.89. The Balaban J connectivity index is 2.28. The number of carbonyl (C=O) groups is 1. The van der Waals surface area contributed by atoms with E-state index in [4.69, 9.17) is 4.74 Å². The minimum Gasteiger partial charge on any atom is -0.444 e.